The molecule has 1 aliphatic rings. The summed E-state index contributed by atoms with van der Waals surface area (Å²) in [5.74, 6) is 0.747. The number of carboxylic acids is 1. The van der Waals surface area contributed by atoms with Crippen LogP contribution >= 0.6 is 0 Å². The van der Waals surface area contributed by atoms with Crippen molar-refractivity contribution in [3.8, 4) is 0 Å². The first-order valence-electron chi connectivity index (χ1n) is 9.53. The minimum atomic E-state index is -0.808. The molecule has 0 amide bonds. The zero-order valence-corrected chi connectivity index (χ0v) is 14.8. The Hall–Kier alpha value is -1.12. The second kappa shape index (κ2) is 12.3. The second-order valence-corrected chi connectivity index (χ2v) is 6.96. The van der Waals surface area contributed by atoms with Gasteiger partial charge in [-0.1, -0.05) is 44.8 Å². The Bertz CT molecular complexity index is 373. The molecule has 3 nitrogen and oxygen atoms in total. The van der Waals surface area contributed by atoms with Crippen LogP contribution in [0, 0.1) is 11.8 Å². The zero-order chi connectivity index (χ0) is 16.9. The number of hydrogen-bond donors (Lipinski definition) is 1. The van der Waals surface area contributed by atoms with Gasteiger partial charge in [0.05, 0.1) is 0 Å². The quantitative estimate of drug-likeness (QED) is 0.358. The third-order valence-electron chi connectivity index (χ3n) is 4.97. The summed E-state index contributed by atoms with van der Waals surface area (Å²) in [6.45, 7) is 2.24. The molecule has 0 bridgehead atoms. The standard InChI is InChI=1S/C20H34O3/c1-2-3-4-5-6-7-10-17-11-8-12-18(17)15-16-19(21)13-9-14-20(22)23/h7,10,17-18H,2-6,8-9,11-16H2,1H3,(H,22,23)/t17-,18+/m0/s1. The highest BCUT2D eigenvalue weighted by atomic mass is 16.4. The molecule has 0 spiro atoms. The second-order valence-electron chi connectivity index (χ2n) is 6.96. The molecule has 1 aliphatic carbocycles. The van der Waals surface area contributed by atoms with Crippen molar-refractivity contribution in [2.24, 2.45) is 11.8 Å². The average molecular weight is 322 g/mol. The molecule has 0 aromatic carbocycles. The summed E-state index contributed by atoms with van der Waals surface area (Å²) < 4.78 is 0. The van der Waals surface area contributed by atoms with Crippen LogP contribution in [0.4, 0.5) is 0 Å². The lowest BCUT2D eigenvalue weighted by atomic mass is 9.89. The number of allylic oxidation sites excluding steroid dienone is 2. The lowest BCUT2D eigenvalue weighted by molar-refractivity contribution is -0.137. The zero-order valence-electron chi connectivity index (χ0n) is 14.8. The fraction of sp³-hybridized carbons (Fsp3) is 0.800. The van der Waals surface area contributed by atoms with E-state index in [9.17, 15) is 9.59 Å². The van der Waals surface area contributed by atoms with Gasteiger partial charge < -0.3 is 5.11 Å². The van der Waals surface area contributed by atoms with Gasteiger partial charge in [0.2, 0.25) is 0 Å². The van der Waals surface area contributed by atoms with Crippen molar-refractivity contribution in [1.82, 2.24) is 0 Å². The van der Waals surface area contributed by atoms with E-state index in [-0.39, 0.29) is 12.2 Å². The number of unbranched alkanes of at least 4 members (excludes halogenated alkanes) is 4. The van der Waals surface area contributed by atoms with Gasteiger partial charge in [0.1, 0.15) is 5.78 Å². The molecule has 0 radical (unpaired) electrons. The van der Waals surface area contributed by atoms with E-state index in [1.165, 1.54) is 51.4 Å². The van der Waals surface area contributed by atoms with Crippen LogP contribution in [0.15, 0.2) is 12.2 Å². The summed E-state index contributed by atoms with van der Waals surface area (Å²) in [5.41, 5.74) is 0. The Morgan fingerprint density at radius 1 is 1.04 bits per heavy atom. The van der Waals surface area contributed by atoms with Crippen molar-refractivity contribution >= 4 is 11.8 Å². The normalized spacial score (nSPS) is 21.1. The summed E-state index contributed by atoms with van der Waals surface area (Å²) in [7, 11) is 0. The number of carboxylic acid groups (broad SMARTS) is 1. The number of rotatable bonds is 13. The highest BCUT2D eigenvalue weighted by Crippen LogP contribution is 2.36. The molecule has 1 saturated carbocycles. The molecular weight excluding hydrogens is 288 g/mol. The first kappa shape index (κ1) is 19.9. The number of ketones is 1. The van der Waals surface area contributed by atoms with Crippen molar-refractivity contribution in [1.29, 1.82) is 0 Å². The Balaban J connectivity index is 2.18. The summed E-state index contributed by atoms with van der Waals surface area (Å²) in [6, 6.07) is 0. The van der Waals surface area contributed by atoms with E-state index in [2.05, 4.69) is 19.1 Å². The third kappa shape index (κ3) is 9.58. The monoisotopic (exact) mass is 322 g/mol. The van der Waals surface area contributed by atoms with E-state index in [1.807, 2.05) is 0 Å². The summed E-state index contributed by atoms with van der Waals surface area (Å²) in [4.78, 5) is 22.3. The van der Waals surface area contributed by atoms with Crippen LogP contribution in [0.5, 0.6) is 0 Å². The Labute approximate surface area is 141 Å². The molecule has 132 valence electrons. The fourth-order valence-corrected chi connectivity index (χ4v) is 3.55. The highest BCUT2D eigenvalue weighted by molar-refractivity contribution is 5.79. The van der Waals surface area contributed by atoms with E-state index in [0.29, 0.717) is 31.1 Å². The number of aliphatic carboxylic acids is 1. The minimum Gasteiger partial charge on any atom is -0.481 e. The Morgan fingerprint density at radius 3 is 2.61 bits per heavy atom. The predicted octanol–water partition coefficient (Wildman–Crippen LogP) is 5.53. The Kier molecular flexibility index (Phi) is 10.7. The maximum atomic E-state index is 11.8. The van der Waals surface area contributed by atoms with Crippen LogP contribution in [0.3, 0.4) is 0 Å². The molecule has 2 atom stereocenters. The lowest BCUT2D eigenvalue weighted by Gasteiger charge is -2.15. The molecule has 0 heterocycles. The number of carbonyl (C=O) groups excluding carboxylic acids is 1. The van der Waals surface area contributed by atoms with Gasteiger partial charge in [0.25, 0.3) is 0 Å². The molecule has 1 N–H and O–H groups in total. The van der Waals surface area contributed by atoms with E-state index >= 15 is 0 Å². The van der Waals surface area contributed by atoms with Crippen molar-refractivity contribution in [2.75, 3.05) is 0 Å². The van der Waals surface area contributed by atoms with E-state index in [4.69, 9.17) is 5.11 Å². The van der Waals surface area contributed by atoms with Crippen LogP contribution in [0.2, 0.25) is 0 Å². The molecule has 0 aromatic rings. The van der Waals surface area contributed by atoms with Crippen molar-refractivity contribution in [3.63, 3.8) is 0 Å². The number of Topliss-reactive ketones (excluding diaryl/α,β-unsaturated/α-hetero) is 1. The maximum absolute atomic E-state index is 11.8. The lowest BCUT2D eigenvalue weighted by Crippen LogP contribution is -2.09. The largest absolute Gasteiger partial charge is 0.481 e. The number of carbonyl (C=O) groups is 2. The summed E-state index contributed by atoms with van der Waals surface area (Å²) in [6.07, 6.45) is 17.6. The van der Waals surface area contributed by atoms with Crippen LogP contribution in [-0.4, -0.2) is 16.9 Å². The summed E-state index contributed by atoms with van der Waals surface area (Å²) >= 11 is 0. The van der Waals surface area contributed by atoms with E-state index in [0.717, 1.165) is 6.42 Å². The van der Waals surface area contributed by atoms with Gasteiger partial charge in [-0.05, 0) is 50.4 Å². The first-order valence-corrected chi connectivity index (χ1v) is 9.53. The molecular formula is C20H34O3. The molecule has 0 aromatic heterocycles. The molecule has 0 saturated heterocycles. The van der Waals surface area contributed by atoms with Gasteiger partial charge in [-0.15, -0.1) is 0 Å². The molecule has 1 fully saturated rings. The van der Waals surface area contributed by atoms with Crippen molar-refractivity contribution in [2.45, 2.75) is 90.4 Å². The fourth-order valence-electron chi connectivity index (χ4n) is 3.55. The summed E-state index contributed by atoms with van der Waals surface area (Å²) in [5, 5.41) is 8.60. The van der Waals surface area contributed by atoms with Gasteiger partial charge in [0.15, 0.2) is 0 Å². The van der Waals surface area contributed by atoms with Crippen LogP contribution < -0.4 is 0 Å². The third-order valence-corrected chi connectivity index (χ3v) is 4.97. The van der Waals surface area contributed by atoms with Crippen LogP contribution in [0.1, 0.15) is 90.4 Å². The molecule has 0 aliphatic heterocycles. The Morgan fingerprint density at radius 2 is 1.87 bits per heavy atom. The van der Waals surface area contributed by atoms with Gasteiger partial charge in [0, 0.05) is 19.3 Å². The van der Waals surface area contributed by atoms with Crippen LogP contribution in [0.25, 0.3) is 0 Å². The molecule has 23 heavy (non-hydrogen) atoms. The van der Waals surface area contributed by atoms with E-state index in [1.54, 1.807) is 0 Å². The predicted molar refractivity (Wildman–Crippen MR) is 94.5 cm³/mol. The topological polar surface area (TPSA) is 54.4 Å². The smallest absolute Gasteiger partial charge is 0.303 e. The van der Waals surface area contributed by atoms with E-state index < -0.39 is 5.97 Å². The van der Waals surface area contributed by atoms with Gasteiger partial charge in [-0.25, -0.2) is 0 Å². The van der Waals surface area contributed by atoms with Crippen LogP contribution in [-0.2, 0) is 9.59 Å². The van der Waals surface area contributed by atoms with Crippen molar-refractivity contribution < 1.29 is 14.7 Å². The maximum Gasteiger partial charge on any atom is 0.303 e. The molecule has 3 heteroatoms. The molecule has 1 rings (SSSR count). The highest BCUT2D eigenvalue weighted by Gasteiger charge is 2.25. The number of hydrogen-bond acceptors (Lipinski definition) is 2. The average Bonchev–Trinajstić information content (AvgIpc) is 2.96. The van der Waals surface area contributed by atoms with Gasteiger partial charge in [-0.2, -0.15) is 0 Å². The molecule has 0 unspecified atom stereocenters. The van der Waals surface area contributed by atoms with Crippen molar-refractivity contribution in [3.05, 3.63) is 12.2 Å². The van der Waals surface area contributed by atoms with Gasteiger partial charge in [-0.3, -0.25) is 9.59 Å². The minimum absolute atomic E-state index is 0.110. The van der Waals surface area contributed by atoms with Gasteiger partial charge >= 0.3 is 5.97 Å². The first-order chi connectivity index (χ1) is 11.1. The SMILES string of the molecule is CCCCCCC=C[C@H]1CCC[C@@H]1CCC(=O)CCCC(=O)O.